The monoisotopic (exact) mass is 562 g/mol. The molecule has 2 aliphatic heterocycles. The number of hydrogen-bond acceptors (Lipinski definition) is 3. The summed E-state index contributed by atoms with van der Waals surface area (Å²) in [7, 11) is 0. The molecule has 3 aromatic carbocycles. The Morgan fingerprint density at radius 3 is 2.38 bits per heavy atom. The Morgan fingerprint density at radius 1 is 1.03 bits per heavy atom. The summed E-state index contributed by atoms with van der Waals surface area (Å²) in [5.41, 5.74) is 3.64. The molecule has 200 valence electrons. The molecule has 0 radical (unpaired) electrons. The Labute approximate surface area is 237 Å². The first kappa shape index (κ1) is 26.8. The summed E-state index contributed by atoms with van der Waals surface area (Å²) in [6.45, 7) is 2.23. The maximum Gasteiger partial charge on any atom is 0.322 e. The van der Waals surface area contributed by atoms with Crippen LogP contribution in [-0.4, -0.2) is 47.3 Å². The molecule has 2 aliphatic rings. The Kier molecular flexibility index (Phi) is 7.91. The second-order valence-electron chi connectivity index (χ2n) is 9.53. The molecule has 2 heterocycles. The molecule has 9 heteroatoms. The molecule has 0 saturated carbocycles. The number of likely N-dealkylation sites (N-methyl/N-ethyl adjacent to an activating group) is 1. The lowest BCUT2D eigenvalue weighted by Gasteiger charge is -2.33. The van der Waals surface area contributed by atoms with Gasteiger partial charge in [0.15, 0.2) is 0 Å². The van der Waals surface area contributed by atoms with Crippen molar-refractivity contribution in [1.82, 2.24) is 20.4 Å². The average Bonchev–Trinajstić information content (AvgIpc) is 3.24. The van der Waals surface area contributed by atoms with Crippen LogP contribution in [0, 0.1) is 0 Å². The minimum absolute atomic E-state index is 0.142. The van der Waals surface area contributed by atoms with Gasteiger partial charge in [-0.05, 0) is 42.2 Å². The van der Waals surface area contributed by atoms with Crippen molar-refractivity contribution in [2.75, 3.05) is 19.6 Å². The molecule has 0 aliphatic carbocycles. The van der Waals surface area contributed by atoms with Gasteiger partial charge in [0.2, 0.25) is 5.91 Å². The number of benzene rings is 3. The van der Waals surface area contributed by atoms with Gasteiger partial charge in [-0.1, -0.05) is 89.9 Å². The van der Waals surface area contributed by atoms with Gasteiger partial charge in [-0.15, -0.1) is 0 Å². The van der Waals surface area contributed by atoms with Gasteiger partial charge in [0.05, 0.1) is 29.9 Å². The highest BCUT2D eigenvalue weighted by Gasteiger charge is 2.44. The lowest BCUT2D eigenvalue weighted by atomic mass is 9.95. The van der Waals surface area contributed by atoms with Gasteiger partial charge in [0.1, 0.15) is 6.54 Å². The van der Waals surface area contributed by atoms with Crippen LogP contribution in [0.5, 0.6) is 0 Å². The highest BCUT2D eigenvalue weighted by molar-refractivity contribution is 6.35. The summed E-state index contributed by atoms with van der Waals surface area (Å²) in [5.74, 6) is -0.592. The quantitative estimate of drug-likeness (QED) is 0.392. The van der Waals surface area contributed by atoms with Crippen LogP contribution in [0.25, 0.3) is 0 Å². The zero-order valence-corrected chi connectivity index (χ0v) is 22.9. The van der Waals surface area contributed by atoms with Gasteiger partial charge in [0.25, 0.3) is 5.91 Å². The van der Waals surface area contributed by atoms with Crippen molar-refractivity contribution in [3.8, 4) is 0 Å². The van der Waals surface area contributed by atoms with Crippen molar-refractivity contribution in [2.45, 2.75) is 25.4 Å². The van der Waals surface area contributed by atoms with Gasteiger partial charge in [-0.2, -0.15) is 0 Å². The highest BCUT2D eigenvalue weighted by atomic mass is 35.5. The summed E-state index contributed by atoms with van der Waals surface area (Å²) < 4.78 is 0. The first-order chi connectivity index (χ1) is 18.9. The molecule has 0 bridgehead atoms. The molecule has 4 amide bonds. The van der Waals surface area contributed by atoms with E-state index in [4.69, 9.17) is 23.2 Å². The number of urea groups is 1. The van der Waals surface area contributed by atoms with Crippen LogP contribution in [0.2, 0.25) is 10.0 Å². The summed E-state index contributed by atoms with van der Waals surface area (Å²) in [5, 5.41) is 6.82. The third kappa shape index (κ3) is 5.65. The van der Waals surface area contributed by atoms with E-state index in [9.17, 15) is 14.4 Å². The summed E-state index contributed by atoms with van der Waals surface area (Å²) in [6.07, 6.45) is 0.610. The molecule has 3 aromatic rings. The van der Waals surface area contributed by atoms with E-state index < -0.39 is 6.04 Å². The van der Waals surface area contributed by atoms with Gasteiger partial charge in [-0.25, -0.2) is 4.79 Å². The second kappa shape index (κ2) is 11.5. The molecule has 0 spiro atoms. The Balaban J connectivity index is 1.37. The third-order valence-electron chi connectivity index (χ3n) is 7.04. The van der Waals surface area contributed by atoms with Gasteiger partial charge in [-0.3, -0.25) is 14.5 Å². The van der Waals surface area contributed by atoms with E-state index in [2.05, 4.69) is 10.6 Å². The van der Waals surface area contributed by atoms with Crippen molar-refractivity contribution >= 4 is 41.0 Å². The Hall–Kier alpha value is -3.81. The number of rotatable bonds is 8. The fraction of sp³-hybridized carbons (Fsp3) is 0.233. The van der Waals surface area contributed by atoms with Crippen LogP contribution in [0.15, 0.2) is 90.1 Å². The predicted octanol–water partition coefficient (Wildman–Crippen LogP) is 5.28. The molecule has 2 N–H and O–H groups in total. The maximum absolute atomic E-state index is 13.7. The number of halogens is 2. The number of hydrogen-bond donors (Lipinski definition) is 2. The maximum atomic E-state index is 13.7. The van der Waals surface area contributed by atoms with E-state index in [-0.39, 0.29) is 37.0 Å². The topological polar surface area (TPSA) is 81.8 Å². The van der Waals surface area contributed by atoms with Crippen LogP contribution in [0.4, 0.5) is 4.79 Å². The van der Waals surface area contributed by atoms with Crippen molar-refractivity contribution < 1.29 is 14.4 Å². The van der Waals surface area contributed by atoms with Crippen LogP contribution >= 0.6 is 23.2 Å². The molecule has 0 saturated heterocycles. The Bertz CT molecular complexity index is 1430. The summed E-state index contributed by atoms with van der Waals surface area (Å²) in [4.78, 5) is 43.0. The molecule has 2 atom stereocenters. The molecule has 2 unspecified atom stereocenters. The Morgan fingerprint density at radius 2 is 1.72 bits per heavy atom. The number of nitrogens with one attached hydrogen (secondary N) is 2. The number of amides is 4. The largest absolute Gasteiger partial charge is 0.347 e. The zero-order valence-electron chi connectivity index (χ0n) is 21.4. The lowest BCUT2D eigenvalue weighted by molar-refractivity contribution is -0.132. The molecule has 0 fully saturated rings. The van der Waals surface area contributed by atoms with Gasteiger partial charge < -0.3 is 15.5 Å². The zero-order chi connectivity index (χ0) is 27.5. The molecule has 39 heavy (non-hydrogen) atoms. The molecular weight excluding hydrogens is 535 g/mol. The molecule has 7 nitrogen and oxygen atoms in total. The van der Waals surface area contributed by atoms with E-state index in [0.717, 1.165) is 11.1 Å². The van der Waals surface area contributed by atoms with E-state index in [1.54, 1.807) is 18.2 Å². The third-order valence-corrected chi connectivity index (χ3v) is 7.60. The minimum Gasteiger partial charge on any atom is -0.347 e. The van der Waals surface area contributed by atoms with Crippen molar-refractivity contribution in [1.29, 1.82) is 0 Å². The standard InChI is InChI=1S/C30H28Cl2N4O3/c1-2-36-25-17-35(29(38)27(25)28(34-30(36)39)22-14-13-21(31)16-23(22)32)18-26(37)33-24(20-11-7-4-8-12-20)15-19-9-5-3-6-10-19/h3-14,16,24,28H,2,15,17-18H2,1H3,(H,33,37)(H,34,39). The van der Waals surface area contributed by atoms with E-state index in [1.165, 1.54) is 9.80 Å². The van der Waals surface area contributed by atoms with Crippen molar-refractivity contribution in [3.63, 3.8) is 0 Å². The van der Waals surface area contributed by atoms with Gasteiger partial charge in [0, 0.05) is 16.6 Å². The van der Waals surface area contributed by atoms with Crippen LogP contribution < -0.4 is 10.6 Å². The number of nitrogens with zero attached hydrogens (tertiary/aromatic N) is 2. The van der Waals surface area contributed by atoms with E-state index in [1.807, 2.05) is 67.6 Å². The molecule has 5 rings (SSSR count). The first-order valence-electron chi connectivity index (χ1n) is 12.8. The van der Waals surface area contributed by atoms with Crippen molar-refractivity contribution in [2.24, 2.45) is 0 Å². The number of carbonyl (C=O) groups is 3. The fourth-order valence-electron chi connectivity index (χ4n) is 5.18. The highest BCUT2D eigenvalue weighted by Crippen LogP contribution is 2.39. The van der Waals surface area contributed by atoms with E-state index in [0.29, 0.717) is 39.8 Å². The fourth-order valence-corrected chi connectivity index (χ4v) is 5.70. The lowest BCUT2D eigenvalue weighted by Crippen LogP contribution is -2.47. The predicted molar refractivity (Wildman–Crippen MR) is 151 cm³/mol. The SMILES string of the molecule is CCN1C(=O)NC(c2ccc(Cl)cc2Cl)C2=C1CN(CC(=O)NC(Cc1ccccc1)c1ccccc1)C2=O. The molecular formula is C30H28Cl2N4O3. The van der Waals surface area contributed by atoms with Crippen LogP contribution in [0.1, 0.15) is 35.7 Å². The average molecular weight is 563 g/mol. The minimum atomic E-state index is -0.740. The van der Waals surface area contributed by atoms with Crippen LogP contribution in [0.3, 0.4) is 0 Å². The van der Waals surface area contributed by atoms with Crippen molar-refractivity contribution in [3.05, 3.63) is 117 Å². The molecule has 0 aromatic heterocycles. The van der Waals surface area contributed by atoms with Crippen LogP contribution in [-0.2, 0) is 16.0 Å². The van der Waals surface area contributed by atoms with Gasteiger partial charge >= 0.3 is 6.03 Å². The summed E-state index contributed by atoms with van der Waals surface area (Å²) >= 11 is 12.5. The summed E-state index contributed by atoms with van der Waals surface area (Å²) in [6, 6.07) is 23.3. The normalized spacial score (nSPS) is 17.7. The number of carbonyl (C=O) groups excluding carboxylic acids is 3. The smallest absolute Gasteiger partial charge is 0.322 e. The first-order valence-corrected chi connectivity index (χ1v) is 13.5. The van der Waals surface area contributed by atoms with E-state index >= 15 is 0 Å². The second-order valence-corrected chi connectivity index (χ2v) is 10.4.